The van der Waals surface area contributed by atoms with Crippen molar-refractivity contribution in [3.63, 3.8) is 0 Å². The predicted molar refractivity (Wildman–Crippen MR) is 73.4 cm³/mol. The molecule has 0 aliphatic carbocycles. The van der Waals surface area contributed by atoms with E-state index in [1.54, 1.807) is 18.3 Å². The van der Waals surface area contributed by atoms with Crippen LogP contribution in [0.5, 0.6) is 5.75 Å². The van der Waals surface area contributed by atoms with Crippen molar-refractivity contribution in [3.8, 4) is 5.75 Å². The van der Waals surface area contributed by atoms with Gasteiger partial charge in [0.05, 0.1) is 0 Å². The lowest BCUT2D eigenvalue weighted by molar-refractivity contribution is 0.114. The molecule has 0 radical (unpaired) electrons. The summed E-state index contributed by atoms with van der Waals surface area (Å²) < 4.78 is 5.73. The van der Waals surface area contributed by atoms with E-state index in [0.29, 0.717) is 12.3 Å². The number of pyridine rings is 1. The molecule has 0 spiro atoms. The Balaban J connectivity index is 2.70. The van der Waals surface area contributed by atoms with Crippen LogP contribution in [-0.2, 0) is 0 Å². The Bertz CT molecular complexity index is 404. The molecular formula is C12H19N3OS. The first-order chi connectivity index (χ1) is 7.83. The van der Waals surface area contributed by atoms with Crippen LogP contribution in [0, 0.1) is 0 Å². The Kier molecular flexibility index (Phi) is 4.42. The van der Waals surface area contributed by atoms with E-state index in [1.165, 1.54) is 0 Å². The van der Waals surface area contributed by atoms with Crippen molar-refractivity contribution < 1.29 is 4.74 Å². The van der Waals surface area contributed by atoms with Crippen LogP contribution in [0.2, 0.25) is 0 Å². The fourth-order valence-electron chi connectivity index (χ4n) is 1.02. The molecule has 0 saturated heterocycles. The van der Waals surface area contributed by atoms with Crippen molar-refractivity contribution in [3.05, 3.63) is 24.0 Å². The summed E-state index contributed by atoms with van der Waals surface area (Å²) in [5, 5.41) is 0. The molecule has 0 unspecified atom stereocenters. The van der Waals surface area contributed by atoms with Crippen LogP contribution in [0.3, 0.4) is 0 Å². The number of nitrogens with zero attached hydrogens (tertiary/aromatic N) is 2. The van der Waals surface area contributed by atoms with Crippen LogP contribution < -0.4 is 10.5 Å². The van der Waals surface area contributed by atoms with Gasteiger partial charge in [-0.15, -0.1) is 0 Å². The van der Waals surface area contributed by atoms with Gasteiger partial charge in [0.15, 0.2) is 0 Å². The standard InChI is InChI=1S/C12H19N3OS/c1-12(2,15(3)4)8-16-9-5-6-14-10(7-9)11(13)17/h5-7H,8H2,1-4H3,(H2,13,17). The van der Waals surface area contributed by atoms with Crippen molar-refractivity contribution in [1.82, 2.24) is 9.88 Å². The summed E-state index contributed by atoms with van der Waals surface area (Å²) in [5.74, 6) is 0.734. The second-order valence-corrected chi connectivity index (χ2v) is 5.18. The first-order valence-electron chi connectivity index (χ1n) is 5.39. The van der Waals surface area contributed by atoms with E-state index in [2.05, 4.69) is 23.7 Å². The minimum atomic E-state index is -0.0351. The first-order valence-corrected chi connectivity index (χ1v) is 5.80. The topological polar surface area (TPSA) is 51.4 Å². The molecule has 1 rings (SSSR count). The highest BCUT2D eigenvalue weighted by atomic mass is 32.1. The maximum Gasteiger partial charge on any atom is 0.123 e. The molecule has 17 heavy (non-hydrogen) atoms. The van der Waals surface area contributed by atoms with Gasteiger partial charge in [-0.05, 0) is 34.0 Å². The van der Waals surface area contributed by atoms with Gasteiger partial charge in [0.1, 0.15) is 23.0 Å². The number of nitrogens with two attached hydrogens (primary N) is 1. The first kappa shape index (κ1) is 13.9. The van der Waals surface area contributed by atoms with Crippen LogP contribution in [-0.4, -0.2) is 41.1 Å². The maximum absolute atomic E-state index is 5.73. The van der Waals surface area contributed by atoms with Gasteiger partial charge in [0, 0.05) is 17.8 Å². The Morgan fingerprint density at radius 3 is 2.71 bits per heavy atom. The second-order valence-electron chi connectivity index (χ2n) is 4.74. The molecule has 1 aromatic heterocycles. The Hall–Kier alpha value is -1.20. The summed E-state index contributed by atoms with van der Waals surface area (Å²) in [5.41, 5.74) is 6.07. The molecule has 0 saturated carbocycles. The quantitative estimate of drug-likeness (QED) is 0.805. The average molecular weight is 253 g/mol. The smallest absolute Gasteiger partial charge is 0.123 e. The molecule has 94 valence electrons. The van der Waals surface area contributed by atoms with Crippen LogP contribution in [0.1, 0.15) is 19.5 Å². The number of likely N-dealkylation sites (N-methyl/N-ethyl adjacent to an activating group) is 1. The van der Waals surface area contributed by atoms with Crippen LogP contribution in [0.4, 0.5) is 0 Å². The second kappa shape index (κ2) is 5.42. The zero-order chi connectivity index (χ0) is 13.1. The lowest BCUT2D eigenvalue weighted by atomic mass is 10.1. The normalized spacial score (nSPS) is 11.6. The van der Waals surface area contributed by atoms with Crippen molar-refractivity contribution in [2.75, 3.05) is 20.7 Å². The highest BCUT2D eigenvalue weighted by Crippen LogP contribution is 2.16. The lowest BCUT2D eigenvalue weighted by Crippen LogP contribution is -2.43. The van der Waals surface area contributed by atoms with Gasteiger partial charge in [-0.1, -0.05) is 12.2 Å². The summed E-state index contributed by atoms with van der Waals surface area (Å²) in [6.45, 7) is 4.81. The molecule has 0 aliphatic heterocycles. The summed E-state index contributed by atoms with van der Waals surface area (Å²) in [6, 6.07) is 3.56. The average Bonchev–Trinajstić information content (AvgIpc) is 2.26. The predicted octanol–water partition coefficient (Wildman–Crippen LogP) is 1.43. The molecule has 0 bridgehead atoms. The Morgan fingerprint density at radius 1 is 1.53 bits per heavy atom. The Morgan fingerprint density at radius 2 is 2.18 bits per heavy atom. The van der Waals surface area contributed by atoms with Crippen molar-refractivity contribution in [1.29, 1.82) is 0 Å². The van der Waals surface area contributed by atoms with Crippen LogP contribution in [0.15, 0.2) is 18.3 Å². The Labute approximate surface area is 108 Å². The highest BCUT2D eigenvalue weighted by Gasteiger charge is 2.21. The van der Waals surface area contributed by atoms with Crippen molar-refractivity contribution in [2.24, 2.45) is 5.73 Å². The molecule has 0 amide bonds. The molecular weight excluding hydrogens is 234 g/mol. The largest absolute Gasteiger partial charge is 0.492 e. The van der Waals surface area contributed by atoms with Gasteiger partial charge >= 0.3 is 0 Å². The summed E-state index contributed by atoms with van der Waals surface area (Å²) in [7, 11) is 4.05. The summed E-state index contributed by atoms with van der Waals surface area (Å²) in [6.07, 6.45) is 1.65. The monoisotopic (exact) mass is 253 g/mol. The van der Waals surface area contributed by atoms with E-state index in [-0.39, 0.29) is 10.5 Å². The van der Waals surface area contributed by atoms with E-state index >= 15 is 0 Å². The fraction of sp³-hybridized carbons (Fsp3) is 0.500. The lowest BCUT2D eigenvalue weighted by Gasteiger charge is -2.32. The van der Waals surface area contributed by atoms with Crippen LogP contribution in [0.25, 0.3) is 0 Å². The molecule has 0 fully saturated rings. The van der Waals surface area contributed by atoms with Gasteiger partial charge in [-0.3, -0.25) is 4.98 Å². The van der Waals surface area contributed by atoms with E-state index in [9.17, 15) is 0 Å². The SMILES string of the molecule is CN(C)C(C)(C)COc1ccnc(C(N)=S)c1. The zero-order valence-electron chi connectivity index (χ0n) is 10.7. The molecule has 4 nitrogen and oxygen atoms in total. The third-order valence-electron chi connectivity index (χ3n) is 2.79. The molecule has 1 aromatic rings. The van der Waals surface area contributed by atoms with Gasteiger partial charge in [0.2, 0.25) is 0 Å². The molecule has 0 atom stereocenters. The van der Waals surface area contributed by atoms with E-state index in [4.69, 9.17) is 22.7 Å². The van der Waals surface area contributed by atoms with Crippen LogP contribution >= 0.6 is 12.2 Å². The van der Waals surface area contributed by atoms with Crippen molar-refractivity contribution in [2.45, 2.75) is 19.4 Å². The number of ether oxygens (including phenoxy) is 1. The minimum absolute atomic E-state index is 0.0351. The molecule has 0 aromatic carbocycles. The molecule has 1 heterocycles. The van der Waals surface area contributed by atoms with E-state index in [1.807, 2.05) is 14.1 Å². The number of rotatable bonds is 5. The fourth-order valence-corrected chi connectivity index (χ4v) is 1.14. The number of thiocarbonyl (C=S) groups is 1. The van der Waals surface area contributed by atoms with E-state index in [0.717, 1.165) is 5.75 Å². The zero-order valence-corrected chi connectivity index (χ0v) is 11.5. The van der Waals surface area contributed by atoms with Gasteiger partial charge in [-0.2, -0.15) is 0 Å². The summed E-state index contributed by atoms with van der Waals surface area (Å²) in [4.78, 5) is 6.46. The van der Waals surface area contributed by atoms with Crippen molar-refractivity contribution >= 4 is 17.2 Å². The summed E-state index contributed by atoms with van der Waals surface area (Å²) >= 11 is 4.87. The molecule has 0 aliphatic rings. The van der Waals surface area contributed by atoms with Gasteiger partial charge in [0.25, 0.3) is 0 Å². The van der Waals surface area contributed by atoms with Gasteiger partial charge < -0.3 is 15.4 Å². The minimum Gasteiger partial charge on any atom is -0.492 e. The number of hydrogen-bond donors (Lipinski definition) is 1. The van der Waals surface area contributed by atoms with Gasteiger partial charge in [-0.25, -0.2) is 0 Å². The van der Waals surface area contributed by atoms with E-state index < -0.39 is 0 Å². The number of aromatic nitrogens is 1. The third-order valence-corrected chi connectivity index (χ3v) is 3.00. The third kappa shape index (κ3) is 3.94. The maximum atomic E-state index is 5.73. The number of hydrogen-bond acceptors (Lipinski definition) is 4. The highest BCUT2D eigenvalue weighted by molar-refractivity contribution is 7.80. The molecule has 5 heteroatoms. The molecule has 2 N–H and O–H groups in total.